The monoisotopic (exact) mass is 416 g/mol. The van der Waals surface area contributed by atoms with E-state index in [0.29, 0.717) is 17.7 Å². The first-order valence-electron chi connectivity index (χ1n) is 9.96. The normalized spacial score (nSPS) is 11.7. The number of likely N-dealkylation sites (N-methyl/N-ethyl adjacent to an activating group) is 1. The third kappa shape index (κ3) is 5.73. The lowest BCUT2D eigenvalue weighted by molar-refractivity contribution is -0.884. The van der Waals surface area contributed by atoms with Crippen molar-refractivity contribution in [1.82, 2.24) is 5.32 Å². The molecule has 3 rings (SSSR count). The van der Waals surface area contributed by atoms with Gasteiger partial charge in [-0.05, 0) is 29.8 Å². The van der Waals surface area contributed by atoms with Gasteiger partial charge in [-0.2, -0.15) is 5.26 Å². The maximum atomic E-state index is 13.0. The van der Waals surface area contributed by atoms with Crippen molar-refractivity contribution in [3.63, 3.8) is 0 Å². The highest BCUT2D eigenvalue weighted by atomic mass is 32.2. The number of amides is 1. The molecular weight excluding hydrogens is 390 g/mol. The van der Waals surface area contributed by atoms with Crippen LogP contribution in [0, 0.1) is 11.3 Å². The Bertz CT molecular complexity index is 1030. The third-order valence-electron chi connectivity index (χ3n) is 5.01. The van der Waals surface area contributed by atoms with Crippen molar-refractivity contribution in [3.05, 3.63) is 95.6 Å². The van der Waals surface area contributed by atoms with Gasteiger partial charge in [0.15, 0.2) is 0 Å². The second-order valence-corrected chi connectivity index (χ2v) is 8.46. The molecule has 0 aliphatic carbocycles. The van der Waals surface area contributed by atoms with Crippen molar-refractivity contribution in [1.29, 1.82) is 5.26 Å². The van der Waals surface area contributed by atoms with Gasteiger partial charge in [0.2, 0.25) is 0 Å². The molecule has 30 heavy (non-hydrogen) atoms. The maximum Gasteiger partial charge on any atom is 0.252 e. The van der Waals surface area contributed by atoms with Crippen molar-refractivity contribution in [2.75, 3.05) is 20.6 Å². The number of benzene rings is 3. The molecule has 0 fully saturated rings. The van der Waals surface area contributed by atoms with E-state index in [1.54, 1.807) is 6.07 Å². The average Bonchev–Trinajstić information content (AvgIpc) is 2.77. The Balaban J connectivity index is 1.71. The van der Waals surface area contributed by atoms with Gasteiger partial charge >= 0.3 is 0 Å². The number of nitrogens with zero attached hydrogens (tertiary/aromatic N) is 1. The first kappa shape index (κ1) is 21.6. The molecule has 0 unspecified atom stereocenters. The van der Waals surface area contributed by atoms with E-state index in [-0.39, 0.29) is 11.9 Å². The van der Waals surface area contributed by atoms with Crippen LogP contribution in [-0.4, -0.2) is 32.6 Å². The molecule has 0 saturated heterocycles. The van der Waals surface area contributed by atoms with Crippen LogP contribution < -0.4 is 10.2 Å². The van der Waals surface area contributed by atoms with E-state index in [9.17, 15) is 10.1 Å². The summed E-state index contributed by atoms with van der Waals surface area (Å²) >= 11 is 1.45. The molecule has 4 nitrogen and oxygen atoms in total. The van der Waals surface area contributed by atoms with Crippen LogP contribution >= 0.6 is 11.8 Å². The van der Waals surface area contributed by atoms with Crippen LogP contribution in [0.5, 0.6) is 0 Å². The molecule has 0 radical (unpaired) electrons. The molecule has 5 heteroatoms. The Hall–Kier alpha value is -3.07. The molecule has 3 aromatic carbocycles. The van der Waals surface area contributed by atoms with Gasteiger partial charge in [-0.1, -0.05) is 66.4 Å². The zero-order chi connectivity index (χ0) is 21.3. The molecule has 1 atom stereocenters. The lowest BCUT2D eigenvalue weighted by Crippen LogP contribution is -3.11. The number of nitrogens with one attached hydrogen (secondary N) is 2. The molecule has 0 saturated carbocycles. The summed E-state index contributed by atoms with van der Waals surface area (Å²) in [5, 5.41) is 12.5. The molecule has 0 spiro atoms. The minimum Gasteiger partial charge on any atom is -0.346 e. The summed E-state index contributed by atoms with van der Waals surface area (Å²) in [5.41, 5.74) is 2.50. The van der Waals surface area contributed by atoms with Gasteiger partial charge in [0.25, 0.3) is 5.91 Å². The fourth-order valence-corrected chi connectivity index (χ4v) is 4.22. The second kappa shape index (κ2) is 10.6. The van der Waals surface area contributed by atoms with Crippen LogP contribution in [0.3, 0.4) is 0 Å². The van der Waals surface area contributed by atoms with E-state index in [1.807, 2.05) is 60.7 Å². The van der Waals surface area contributed by atoms with E-state index in [0.717, 1.165) is 16.2 Å². The average molecular weight is 417 g/mol. The molecule has 3 aromatic rings. The molecule has 0 heterocycles. The standard InChI is InChI=1S/C25H25N3OS/c1-28(2)21(16-19-10-4-3-5-11-19)18-27-25(29)22-13-7-9-15-24(22)30-23-14-8-6-12-20(23)17-26/h3-15,21H,16,18H2,1-2H3,(H,27,29)/p+1/t21-/m0/s1. The predicted molar refractivity (Wildman–Crippen MR) is 121 cm³/mol. The summed E-state index contributed by atoms with van der Waals surface area (Å²) in [4.78, 5) is 16.0. The van der Waals surface area contributed by atoms with Crippen molar-refractivity contribution >= 4 is 17.7 Å². The maximum absolute atomic E-state index is 13.0. The van der Waals surface area contributed by atoms with Crippen molar-refractivity contribution in [2.45, 2.75) is 22.3 Å². The topological polar surface area (TPSA) is 57.3 Å². The van der Waals surface area contributed by atoms with Gasteiger partial charge in [-0.25, -0.2) is 0 Å². The number of carbonyl (C=O) groups is 1. The van der Waals surface area contributed by atoms with E-state index in [2.05, 4.69) is 37.6 Å². The number of carbonyl (C=O) groups excluding carboxylic acids is 1. The molecule has 152 valence electrons. The van der Waals surface area contributed by atoms with E-state index in [4.69, 9.17) is 0 Å². The fourth-order valence-electron chi connectivity index (χ4n) is 3.20. The zero-order valence-electron chi connectivity index (χ0n) is 17.3. The van der Waals surface area contributed by atoms with Gasteiger partial charge in [0.05, 0.1) is 31.8 Å². The van der Waals surface area contributed by atoms with Crippen molar-refractivity contribution in [3.8, 4) is 6.07 Å². The number of rotatable bonds is 8. The van der Waals surface area contributed by atoms with E-state index in [1.165, 1.54) is 22.2 Å². The second-order valence-electron chi connectivity index (χ2n) is 7.38. The minimum absolute atomic E-state index is 0.0909. The van der Waals surface area contributed by atoms with Gasteiger partial charge in [-0.15, -0.1) is 0 Å². The lowest BCUT2D eigenvalue weighted by Gasteiger charge is -2.22. The van der Waals surface area contributed by atoms with Gasteiger partial charge in [-0.3, -0.25) is 4.79 Å². The SMILES string of the molecule is C[NH+](C)[C@H](CNC(=O)c1ccccc1Sc1ccccc1C#N)Cc1ccccc1. The van der Waals surface area contributed by atoms with Crippen LogP contribution in [0.4, 0.5) is 0 Å². The largest absolute Gasteiger partial charge is 0.346 e. The van der Waals surface area contributed by atoms with Crippen molar-refractivity contribution in [2.24, 2.45) is 0 Å². The number of hydrogen-bond acceptors (Lipinski definition) is 3. The van der Waals surface area contributed by atoms with Crippen LogP contribution in [0.2, 0.25) is 0 Å². The summed E-state index contributed by atoms with van der Waals surface area (Å²) in [6.45, 7) is 0.587. The summed E-state index contributed by atoms with van der Waals surface area (Å²) < 4.78 is 0. The lowest BCUT2D eigenvalue weighted by atomic mass is 10.0. The van der Waals surface area contributed by atoms with Gasteiger partial charge in [0, 0.05) is 16.2 Å². The Morgan fingerprint density at radius 1 is 0.967 bits per heavy atom. The number of quaternary nitrogens is 1. The van der Waals surface area contributed by atoms with Gasteiger partial charge in [0.1, 0.15) is 12.1 Å². The third-order valence-corrected chi connectivity index (χ3v) is 6.16. The summed E-state index contributed by atoms with van der Waals surface area (Å²) in [7, 11) is 4.23. The zero-order valence-corrected chi connectivity index (χ0v) is 18.1. The Morgan fingerprint density at radius 3 is 2.30 bits per heavy atom. The number of nitriles is 1. The van der Waals surface area contributed by atoms with Crippen LogP contribution in [-0.2, 0) is 6.42 Å². The Morgan fingerprint density at radius 2 is 1.60 bits per heavy atom. The highest BCUT2D eigenvalue weighted by Gasteiger charge is 2.19. The fraction of sp³-hybridized carbons (Fsp3) is 0.200. The summed E-state index contributed by atoms with van der Waals surface area (Å²) in [6.07, 6.45) is 0.898. The van der Waals surface area contributed by atoms with Crippen LogP contribution in [0.15, 0.2) is 88.7 Å². The summed E-state index contributed by atoms with van der Waals surface area (Å²) in [5.74, 6) is -0.0909. The molecule has 2 N–H and O–H groups in total. The highest BCUT2D eigenvalue weighted by molar-refractivity contribution is 7.99. The van der Waals surface area contributed by atoms with Crippen LogP contribution in [0.1, 0.15) is 21.5 Å². The first-order chi connectivity index (χ1) is 14.6. The molecule has 0 aliphatic rings. The van der Waals surface area contributed by atoms with E-state index >= 15 is 0 Å². The molecule has 1 amide bonds. The first-order valence-corrected chi connectivity index (χ1v) is 10.8. The quantitative estimate of drug-likeness (QED) is 0.593. The molecule has 0 aliphatic heterocycles. The highest BCUT2D eigenvalue weighted by Crippen LogP contribution is 2.32. The summed E-state index contributed by atoms with van der Waals surface area (Å²) in [6, 6.07) is 27.8. The predicted octanol–water partition coefficient (Wildman–Crippen LogP) is 3.20. The Kier molecular flexibility index (Phi) is 7.67. The Labute approximate surface area is 182 Å². The van der Waals surface area contributed by atoms with Crippen molar-refractivity contribution < 1.29 is 9.69 Å². The molecular formula is C25H26N3OS+. The van der Waals surface area contributed by atoms with Crippen LogP contribution in [0.25, 0.3) is 0 Å². The number of hydrogen-bond donors (Lipinski definition) is 2. The minimum atomic E-state index is -0.0909. The molecule has 0 aromatic heterocycles. The van der Waals surface area contributed by atoms with Gasteiger partial charge < -0.3 is 10.2 Å². The molecule has 0 bridgehead atoms. The van der Waals surface area contributed by atoms with E-state index < -0.39 is 0 Å². The smallest absolute Gasteiger partial charge is 0.252 e.